The molecule has 2 atom stereocenters. The van der Waals surface area contributed by atoms with E-state index in [-0.39, 0.29) is 23.8 Å². The molecule has 2 aromatic carbocycles. The van der Waals surface area contributed by atoms with E-state index >= 15 is 0 Å². The van der Waals surface area contributed by atoms with Gasteiger partial charge in [0.05, 0.1) is 5.92 Å². The zero-order chi connectivity index (χ0) is 19.2. The second-order valence-electron chi connectivity index (χ2n) is 7.02. The van der Waals surface area contributed by atoms with Crippen LogP contribution in [0.3, 0.4) is 0 Å². The molecule has 142 valence electrons. The first-order valence-corrected chi connectivity index (χ1v) is 9.45. The number of benzene rings is 2. The lowest BCUT2D eigenvalue weighted by Gasteiger charge is -2.24. The lowest BCUT2D eigenvalue weighted by atomic mass is 9.96. The van der Waals surface area contributed by atoms with Crippen molar-refractivity contribution in [3.8, 4) is 5.75 Å². The van der Waals surface area contributed by atoms with Gasteiger partial charge < -0.3 is 15.4 Å². The summed E-state index contributed by atoms with van der Waals surface area (Å²) in [5.74, 6) is 0.548. The molecule has 1 aliphatic rings. The molecule has 1 aliphatic heterocycles. The molecule has 2 aromatic rings. The molecule has 0 bridgehead atoms. The zero-order valence-electron chi connectivity index (χ0n) is 15.8. The molecule has 2 amide bonds. The van der Waals surface area contributed by atoms with E-state index in [0.717, 1.165) is 23.3 Å². The average molecular weight is 366 g/mol. The third-order valence-electron chi connectivity index (χ3n) is 4.90. The average Bonchev–Trinajstić information content (AvgIpc) is 2.71. The number of para-hydroxylation sites is 1. The van der Waals surface area contributed by atoms with Gasteiger partial charge in [-0.05, 0) is 49.1 Å². The number of hydrogen-bond donors (Lipinski definition) is 2. The first-order valence-electron chi connectivity index (χ1n) is 9.45. The molecule has 0 radical (unpaired) electrons. The summed E-state index contributed by atoms with van der Waals surface area (Å²) in [5, 5.41) is 5.92. The number of nitrogens with one attached hydrogen (secondary N) is 2. The van der Waals surface area contributed by atoms with E-state index in [9.17, 15) is 9.59 Å². The van der Waals surface area contributed by atoms with Crippen molar-refractivity contribution < 1.29 is 14.3 Å². The van der Waals surface area contributed by atoms with Crippen molar-refractivity contribution in [1.29, 1.82) is 0 Å². The number of carbonyl (C=O) groups excluding carboxylic acids is 2. The van der Waals surface area contributed by atoms with Crippen LogP contribution in [-0.4, -0.2) is 24.5 Å². The lowest BCUT2D eigenvalue weighted by molar-refractivity contribution is -0.126. The molecule has 0 unspecified atom stereocenters. The molecular weight excluding hydrogens is 340 g/mol. The van der Waals surface area contributed by atoms with E-state index in [0.29, 0.717) is 25.1 Å². The topological polar surface area (TPSA) is 67.4 Å². The molecule has 0 saturated heterocycles. The number of carbonyl (C=O) groups is 2. The van der Waals surface area contributed by atoms with Gasteiger partial charge in [0.2, 0.25) is 5.91 Å². The third-order valence-corrected chi connectivity index (χ3v) is 4.90. The standard InChI is InChI=1S/C22H26N2O3/c1-3-15(2)24-22(26)18-9-6-7-16(11-18)13-23-21(25)19-12-17-8-4-5-10-20(17)27-14-19/h4-11,15,19H,3,12-14H2,1-2H3,(H,23,25)(H,24,26)/t15-,19+/m0/s1. The fourth-order valence-electron chi connectivity index (χ4n) is 3.06. The van der Waals surface area contributed by atoms with Crippen LogP contribution in [-0.2, 0) is 17.8 Å². The summed E-state index contributed by atoms with van der Waals surface area (Å²) in [6.45, 7) is 4.79. The van der Waals surface area contributed by atoms with Crippen molar-refractivity contribution in [2.45, 2.75) is 39.3 Å². The highest BCUT2D eigenvalue weighted by molar-refractivity contribution is 5.94. The Kier molecular flexibility index (Phi) is 6.12. The molecule has 1 heterocycles. The molecule has 2 N–H and O–H groups in total. The zero-order valence-corrected chi connectivity index (χ0v) is 15.8. The summed E-state index contributed by atoms with van der Waals surface area (Å²) in [4.78, 5) is 24.8. The Bertz CT molecular complexity index is 819. The van der Waals surface area contributed by atoms with Crippen molar-refractivity contribution in [1.82, 2.24) is 10.6 Å². The molecule has 5 heteroatoms. The second kappa shape index (κ2) is 8.71. The molecule has 0 spiro atoms. The van der Waals surface area contributed by atoms with Gasteiger partial charge in [-0.1, -0.05) is 37.3 Å². The minimum absolute atomic E-state index is 0.0287. The predicted octanol–water partition coefficient (Wildman–Crippen LogP) is 3.08. The highest BCUT2D eigenvalue weighted by Gasteiger charge is 2.25. The Morgan fingerprint density at radius 1 is 1.19 bits per heavy atom. The Labute approximate surface area is 160 Å². The van der Waals surface area contributed by atoms with Gasteiger partial charge in [0, 0.05) is 18.2 Å². The van der Waals surface area contributed by atoms with E-state index < -0.39 is 0 Å². The SMILES string of the molecule is CC[C@H](C)NC(=O)c1cccc(CNC(=O)[C@H]2COc3ccccc3C2)c1. The van der Waals surface area contributed by atoms with Crippen molar-refractivity contribution in [2.24, 2.45) is 5.92 Å². The maximum Gasteiger partial charge on any atom is 0.251 e. The first kappa shape index (κ1) is 19.0. The number of fused-ring (bicyclic) bond motifs is 1. The summed E-state index contributed by atoms with van der Waals surface area (Å²) in [6.07, 6.45) is 1.56. The van der Waals surface area contributed by atoms with Gasteiger partial charge >= 0.3 is 0 Å². The number of amides is 2. The fourth-order valence-corrected chi connectivity index (χ4v) is 3.06. The van der Waals surface area contributed by atoms with E-state index in [1.165, 1.54) is 0 Å². The normalized spacial score (nSPS) is 16.6. The van der Waals surface area contributed by atoms with Crippen molar-refractivity contribution in [2.75, 3.05) is 6.61 Å². The predicted molar refractivity (Wildman–Crippen MR) is 105 cm³/mol. The van der Waals surface area contributed by atoms with Crippen LogP contribution in [0.2, 0.25) is 0 Å². The largest absolute Gasteiger partial charge is 0.492 e. The first-order chi connectivity index (χ1) is 13.1. The van der Waals surface area contributed by atoms with E-state index in [1.807, 2.05) is 56.3 Å². The number of rotatable bonds is 6. The monoisotopic (exact) mass is 366 g/mol. The van der Waals surface area contributed by atoms with Gasteiger partial charge in [-0.3, -0.25) is 9.59 Å². The highest BCUT2D eigenvalue weighted by atomic mass is 16.5. The molecule has 27 heavy (non-hydrogen) atoms. The van der Waals surface area contributed by atoms with Crippen LogP contribution >= 0.6 is 0 Å². The maximum atomic E-state index is 12.5. The van der Waals surface area contributed by atoms with Gasteiger partial charge in [-0.25, -0.2) is 0 Å². The minimum Gasteiger partial charge on any atom is -0.492 e. The molecule has 3 rings (SSSR count). The van der Waals surface area contributed by atoms with Crippen molar-refractivity contribution in [3.63, 3.8) is 0 Å². The van der Waals surface area contributed by atoms with Gasteiger partial charge in [-0.15, -0.1) is 0 Å². The van der Waals surface area contributed by atoms with Gasteiger partial charge in [0.25, 0.3) is 5.91 Å². The molecule has 5 nitrogen and oxygen atoms in total. The quantitative estimate of drug-likeness (QED) is 0.826. The third kappa shape index (κ3) is 4.88. The highest BCUT2D eigenvalue weighted by Crippen LogP contribution is 2.26. The van der Waals surface area contributed by atoms with Crippen LogP contribution in [0.4, 0.5) is 0 Å². The summed E-state index contributed by atoms with van der Waals surface area (Å²) in [6, 6.07) is 15.3. The summed E-state index contributed by atoms with van der Waals surface area (Å²) in [5.41, 5.74) is 2.57. The van der Waals surface area contributed by atoms with Gasteiger partial charge in [-0.2, -0.15) is 0 Å². The fraction of sp³-hybridized carbons (Fsp3) is 0.364. The summed E-state index contributed by atoms with van der Waals surface area (Å²) < 4.78 is 5.69. The summed E-state index contributed by atoms with van der Waals surface area (Å²) in [7, 11) is 0. The van der Waals surface area contributed by atoms with Crippen LogP contribution in [0.25, 0.3) is 0 Å². The Balaban J connectivity index is 1.56. The Morgan fingerprint density at radius 2 is 2.00 bits per heavy atom. The summed E-state index contributed by atoms with van der Waals surface area (Å²) >= 11 is 0. The van der Waals surface area contributed by atoms with E-state index in [2.05, 4.69) is 10.6 Å². The lowest BCUT2D eigenvalue weighted by Crippen LogP contribution is -2.37. The van der Waals surface area contributed by atoms with Crippen LogP contribution in [0, 0.1) is 5.92 Å². The van der Waals surface area contributed by atoms with Crippen molar-refractivity contribution in [3.05, 3.63) is 65.2 Å². The molecule has 0 fully saturated rings. The second-order valence-corrected chi connectivity index (χ2v) is 7.02. The molecular formula is C22H26N2O3. The van der Waals surface area contributed by atoms with Crippen LogP contribution in [0.1, 0.15) is 41.8 Å². The van der Waals surface area contributed by atoms with Crippen LogP contribution in [0.15, 0.2) is 48.5 Å². The Hall–Kier alpha value is -2.82. The van der Waals surface area contributed by atoms with Gasteiger partial charge in [0.1, 0.15) is 12.4 Å². The minimum atomic E-state index is -0.197. The van der Waals surface area contributed by atoms with Gasteiger partial charge in [0.15, 0.2) is 0 Å². The van der Waals surface area contributed by atoms with E-state index in [1.54, 1.807) is 6.07 Å². The van der Waals surface area contributed by atoms with Crippen molar-refractivity contribution >= 4 is 11.8 Å². The Morgan fingerprint density at radius 3 is 2.81 bits per heavy atom. The number of hydrogen-bond acceptors (Lipinski definition) is 3. The van der Waals surface area contributed by atoms with Crippen LogP contribution in [0.5, 0.6) is 5.75 Å². The smallest absolute Gasteiger partial charge is 0.251 e. The van der Waals surface area contributed by atoms with Crippen LogP contribution < -0.4 is 15.4 Å². The molecule has 0 aromatic heterocycles. The molecule has 0 saturated carbocycles. The molecule has 0 aliphatic carbocycles. The van der Waals surface area contributed by atoms with E-state index in [4.69, 9.17) is 4.74 Å². The number of ether oxygens (including phenoxy) is 1. The maximum absolute atomic E-state index is 12.5.